The van der Waals surface area contributed by atoms with Crippen molar-refractivity contribution >= 4 is 17.0 Å². The molecule has 2 unspecified atom stereocenters. The number of amides is 1. The number of carbonyl (C=O) groups excluding carboxylic acids is 1. The van der Waals surface area contributed by atoms with Gasteiger partial charge in [-0.3, -0.25) is 15.4 Å². The zero-order valence-electron chi connectivity index (χ0n) is 19.3. The third-order valence-corrected chi connectivity index (χ3v) is 6.12. The summed E-state index contributed by atoms with van der Waals surface area (Å²) in [6.45, 7) is -0.755. The van der Waals surface area contributed by atoms with Crippen molar-refractivity contribution in [2.24, 2.45) is 0 Å². The van der Waals surface area contributed by atoms with E-state index < -0.39 is 37.3 Å². The van der Waals surface area contributed by atoms with Crippen LogP contribution in [0.1, 0.15) is 23.8 Å². The van der Waals surface area contributed by atoms with Crippen molar-refractivity contribution in [3.63, 3.8) is 0 Å². The molecule has 0 saturated carbocycles. The SMILES string of the molecule is O=C(OCc1ccccc1)N1CC(NC(O)c2ccc3[nH]nc(-c4ccncc4)c3c2)CC(F)(F)C1. The number of alkyl halides is 2. The molecule has 2 aromatic heterocycles. The number of aromatic nitrogens is 3. The molecular weight excluding hydrogens is 468 g/mol. The Labute approximate surface area is 205 Å². The molecule has 10 heteroatoms. The van der Waals surface area contributed by atoms with E-state index >= 15 is 0 Å². The number of halogens is 2. The lowest BCUT2D eigenvalue weighted by atomic mass is 10.0. The van der Waals surface area contributed by atoms with E-state index in [9.17, 15) is 18.7 Å². The standard InChI is InChI=1S/C26H25F2N5O3/c27-26(28)13-20(14-33(16-26)25(35)36-15-17-4-2-1-3-5-17)30-24(34)19-6-7-22-21(12-19)23(32-31-22)18-8-10-29-11-9-18/h1-12,20,24,30,34H,13-16H2,(H,31,32). The topological polar surface area (TPSA) is 103 Å². The monoisotopic (exact) mass is 493 g/mol. The largest absolute Gasteiger partial charge is 0.445 e. The predicted octanol–water partition coefficient (Wildman–Crippen LogP) is 4.25. The average Bonchev–Trinajstić information content (AvgIpc) is 3.31. The molecule has 186 valence electrons. The number of pyridine rings is 1. The van der Waals surface area contributed by atoms with Crippen LogP contribution in [0, 0.1) is 0 Å². The van der Waals surface area contributed by atoms with Gasteiger partial charge in [0.05, 0.1) is 12.1 Å². The number of likely N-dealkylation sites (tertiary alicyclic amines) is 1. The van der Waals surface area contributed by atoms with Crippen LogP contribution in [0.15, 0.2) is 73.1 Å². The Morgan fingerprint density at radius 3 is 2.75 bits per heavy atom. The first-order chi connectivity index (χ1) is 17.4. The summed E-state index contributed by atoms with van der Waals surface area (Å²) < 4.78 is 34.2. The maximum absolute atomic E-state index is 14.5. The Bertz CT molecular complexity index is 1330. The van der Waals surface area contributed by atoms with Crippen molar-refractivity contribution in [2.75, 3.05) is 13.1 Å². The Balaban J connectivity index is 1.28. The van der Waals surface area contributed by atoms with E-state index in [1.54, 1.807) is 54.9 Å². The van der Waals surface area contributed by atoms with E-state index in [0.29, 0.717) is 11.3 Å². The fourth-order valence-corrected chi connectivity index (χ4v) is 4.41. The molecule has 0 aliphatic carbocycles. The Morgan fingerprint density at radius 1 is 1.19 bits per heavy atom. The van der Waals surface area contributed by atoms with Gasteiger partial charge >= 0.3 is 6.09 Å². The number of benzene rings is 2. The molecule has 0 bridgehead atoms. The van der Waals surface area contributed by atoms with Crippen LogP contribution in [0.2, 0.25) is 0 Å². The summed E-state index contributed by atoms with van der Waals surface area (Å²) in [6.07, 6.45) is 0.770. The van der Waals surface area contributed by atoms with Gasteiger partial charge in [0, 0.05) is 42.4 Å². The van der Waals surface area contributed by atoms with E-state index in [0.717, 1.165) is 26.9 Å². The summed E-state index contributed by atoms with van der Waals surface area (Å²) >= 11 is 0. The maximum Gasteiger partial charge on any atom is 0.410 e. The quantitative estimate of drug-likeness (QED) is 0.347. The molecule has 1 amide bonds. The first kappa shape index (κ1) is 23.8. The zero-order valence-corrected chi connectivity index (χ0v) is 19.3. The van der Waals surface area contributed by atoms with Gasteiger partial charge in [-0.15, -0.1) is 0 Å². The molecule has 8 nitrogen and oxygen atoms in total. The molecule has 1 aliphatic heterocycles. The molecule has 3 N–H and O–H groups in total. The molecule has 0 radical (unpaired) electrons. The van der Waals surface area contributed by atoms with Gasteiger partial charge in [-0.05, 0) is 35.4 Å². The number of ether oxygens (including phenoxy) is 1. The van der Waals surface area contributed by atoms with Gasteiger partial charge in [0.2, 0.25) is 0 Å². The molecule has 1 aliphatic rings. The summed E-state index contributed by atoms with van der Waals surface area (Å²) in [7, 11) is 0. The molecule has 0 spiro atoms. The highest BCUT2D eigenvalue weighted by Gasteiger charge is 2.43. The molecule has 3 heterocycles. The van der Waals surface area contributed by atoms with Gasteiger partial charge < -0.3 is 14.7 Å². The van der Waals surface area contributed by atoms with Gasteiger partial charge in [-0.1, -0.05) is 36.4 Å². The number of nitrogens with one attached hydrogen (secondary N) is 2. The minimum Gasteiger partial charge on any atom is -0.445 e. The van der Waals surface area contributed by atoms with Crippen molar-refractivity contribution in [2.45, 2.75) is 31.2 Å². The fourth-order valence-electron chi connectivity index (χ4n) is 4.41. The summed E-state index contributed by atoms with van der Waals surface area (Å²) in [4.78, 5) is 17.5. The van der Waals surface area contributed by atoms with E-state index in [1.807, 2.05) is 18.2 Å². The number of piperidine rings is 1. The molecule has 1 fully saturated rings. The summed E-state index contributed by atoms with van der Waals surface area (Å²) in [5.41, 5.74) is 3.58. The fraction of sp³-hybridized carbons (Fsp3) is 0.269. The smallest absolute Gasteiger partial charge is 0.410 e. The highest BCUT2D eigenvalue weighted by molar-refractivity contribution is 5.93. The Hall–Kier alpha value is -3.89. The van der Waals surface area contributed by atoms with Crippen LogP contribution in [-0.2, 0) is 11.3 Å². The highest BCUT2D eigenvalue weighted by atomic mass is 19.3. The predicted molar refractivity (Wildman–Crippen MR) is 129 cm³/mol. The van der Waals surface area contributed by atoms with Crippen molar-refractivity contribution in [1.29, 1.82) is 0 Å². The molecule has 36 heavy (non-hydrogen) atoms. The molecule has 2 aromatic carbocycles. The van der Waals surface area contributed by atoms with Gasteiger partial charge in [-0.2, -0.15) is 5.10 Å². The second kappa shape index (κ2) is 10.00. The van der Waals surface area contributed by atoms with Crippen molar-refractivity contribution in [1.82, 2.24) is 25.4 Å². The number of carbonyl (C=O) groups is 1. The molecule has 5 rings (SSSR count). The third-order valence-electron chi connectivity index (χ3n) is 6.12. The minimum atomic E-state index is -3.12. The lowest BCUT2D eigenvalue weighted by Gasteiger charge is -2.38. The van der Waals surface area contributed by atoms with E-state index in [2.05, 4.69) is 20.5 Å². The normalized spacial score (nSPS) is 18.2. The number of fused-ring (bicyclic) bond motifs is 1. The van der Waals surface area contributed by atoms with E-state index in [-0.39, 0.29) is 13.2 Å². The van der Waals surface area contributed by atoms with E-state index in [1.165, 1.54) is 0 Å². The zero-order chi connectivity index (χ0) is 25.1. The molecule has 4 aromatic rings. The van der Waals surface area contributed by atoms with Crippen LogP contribution in [-0.4, -0.2) is 56.3 Å². The number of H-pyrrole nitrogens is 1. The van der Waals surface area contributed by atoms with E-state index in [4.69, 9.17) is 4.74 Å². The summed E-state index contributed by atoms with van der Waals surface area (Å²) in [5, 5.41) is 21.8. The number of aliphatic hydroxyl groups excluding tert-OH is 1. The third kappa shape index (κ3) is 5.34. The van der Waals surface area contributed by atoms with Crippen LogP contribution in [0.3, 0.4) is 0 Å². The lowest BCUT2D eigenvalue weighted by molar-refractivity contribution is -0.0777. The molecular formula is C26H25F2N5O3. The van der Waals surface area contributed by atoms with Crippen molar-refractivity contribution < 1.29 is 23.4 Å². The first-order valence-electron chi connectivity index (χ1n) is 11.5. The number of hydrogen-bond donors (Lipinski definition) is 3. The van der Waals surface area contributed by atoms with Crippen LogP contribution < -0.4 is 5.32 Å². The lowest BCUT2D eigenvalue weighted by Crippen LogP contribution is -2.56. The number of aromatic amines is 1. The molecule has 1 saturated heterocycles. The van der Waals surface area contributed by atoms with Gasteiger partial charge in [0.15, 0.2) is 0 Å². The van der Waals surface area contributed by atoms with Crippen molar-refractivity contribution in [3.05, 3.63) is 84.2 Å². The average molecular weight is 494 g/mol. The summed E-state index contributed by atoms with van der Waals surface area (Å²) in [6, 6.07) is 17.1. The number of rotatable bonds is 6. The maximum atomic E-state index is 14.5. The van der Waals surface area contributed by atoms with Gasteiger partial charge in [-0.25, -0.2) is 13.6 Å². The van der Waals surface area contributed by atoms with Crippen LogP contribution >= 0.6 is 0 Å². The van der Waals surface area contributed by atoms with Crippen LogP contribution in [0.25, 0.3) is 22.2 Å². The Kier molecular flexibility index (Phi) is 6.62. The number of aliphatic hydroxyl groups is 1. The van der Waals surface area contributed by atoms with Crippen LogP contribution in [0.5, 0.6) is 0 Å². The molecule has 2 atom stereocenters. The van der Waals surface area contributed by atoms with Gasteiger partial charge in [0.25, 0.3) is 5.92 Å². The Morgan fingerprint density at radius 2 is 1.97 bits per heavy atom. The van der Waals surface area contributed by atoms with Crippen LogP contribution in [0.4, 0.5) is 13.6 Å². The highest BCUT2D eigenvalue weighted by Crippen LogP contribution is 2.31. The van der Waals surface area contributed by atoms with Gasteiger partial charge in [0.1, 0.15) is 18.5 Å². The second-order valence-electron chi connectivity index (χ2n) is 8.86. The number of hydrogen-bond acceptors (Lipinski definition) is 6. The van der Waals surface area contributed by atoms with Crippen molar-refractivity contribution in [3.8, 4) is 11.3 Å². The summed E-state index contributed by atoms with van der Waals surface area (Å²) in [5.74, 6) is -3.12. The second-order valence-corrected chi connectivity index (χ2v) is 8.86. The first-order valence-corrected chi connectivity index (χ1v) is 11.5. The minimum absolute atomic E-state index is 0.00695. The number of nitrogens with zero attached hydrogens (tertiary/aromatic N) is 3.